The molecule has 3 aromatic carbocycles. The van der Waals surface area contributed by atoms with Crippen LogP contribution in [0.3, 0.4) is 0 Å². The number of halogens is 4. The number of nitriles is 1. The highest BCUT2D eigenvalue weighted by Crippen LogP contribution is 2.31. The maximum Gasteiger partial charge on any atom is 0.573 e. The van der Waals surface area contributed by atoms with Gasteiger partial charge in [0.05, 0.1) is 39.3 Å². The molecule has 0 radical (unpaired) electrons. The van der Waals surface area contributed by atoms with Crippen molar-refractivity contribution in [2.75, 3.05) is 0 Å². The maximum absolute atomic E-state index is 13.9. The fourth-order valence-corrected chi connectivity index (χ4v) is 6.03. The third-order valence-corrected chi connectivity index (χ3v) is 8.51. The first kappa shape index (κ1) is 27.4. The van der Waals surface area contributed by atoms with Gasteiger partial charge in [-0.2, -0.15) is 9.23 Å². The summed E-state index contributed by atoms with van der Waals surface area (Å²) in [7, 11) is -4.61. The summed E-state index contributed by atoms with van der Waals surface area (Å²) in [5.41, 5.74) is 0.00459. The Morgan fingerprint density at radius 3 is 2.25 bits per heavy atom. The minimum absolute atomic E-state index is 0.0346. The monoisotopic (exact) mass is 630 g/mol. The molecule has 204 valence electrons. The van der Waals surface area contributed by atoms with Crippen LogP contribution >= 0.6 is 15.9 Å². The molecule has 0 spiro atoms. The fourth-order valence-electron chi connectivity index (χ4n) is 4.30. The highest BCUT2D eigenvalue weighted by Gasteiger charge is 2.32. The SMILES string of the molecule is CC(C)(C#N)c1ccc(-n2c(=O)n(S(=O)(=O)c3ccc(OC(F)(F)F)cc3)c3cnc4ccc(Br)cc4c32)cc1. The van der Waals surface area contributed by atoms with Gasteiger partial charge in [0.1, 0.15) is 11.3 Å². The number of nitrogens with zero attached hydrogens (tertiary/aromatic N) is 4. The van der Waals surface area contributed by atoms with Crippen LogP contribution in [-0.2, 0) is 15.4 Å². The molecule has 0 aliphatic carbocycles. The predicted octanol–water partition coefficient (Wildman–Crippen LogP) is 6.04. The van der Waals surface area contributed by atoms with Crippen LogP contribution in [0.25, 0.3) is 27.6 Å². The van der Waals surface area contributed by atoms with Crippen LogP contribution in [0.1, 0.15) is 19.4 Å². The average molecular weight is 631 g/mol. The first-order chi connectivity index (χ1) is 18.7. The topological polar surface area (TPSA) is 107 Å². The number of alkyl halides is 3. The Hall–Kier alpha value is -4.15. The Balaban J connectivity index is 1.78. The molecule has 0 fully saturated rings. The number of aromatic nitrogens is 3. The average Bonchev–Trinajstić information content (AvgIpc) is 3.21. The Labute approximate surface area is 234 Å². The van der Waals surface area contributed by atoms with Crippen LogP contribution in [0.4, 0.5) is 13.2 Å². The normalized spacial score (nSPS) is 12.5. The van der Waals surface area contributed by atoms with Crippen molar-refractivity contribution < 1.29 is 26.3 Å². The molecule has 2 heterocycles. The summed E-state index contributed by atoms with van der Waals surface area (Å²) in [4.78, 5) is 17.8. The zero-order valence-electron chi connectivity index (χ0n) is 20.8. The largest absolute Gasteiger partial charge is 0.573 e. The summed E-state index contributed by atoms with van der Waals surface area (Å²) in [5.74, 6) is -0.612. The summed E-state index contributed by atoms with van der Waals surface area (Å²) in [5, 5.41) is 9.97. The number of ether oxygens (including phenoxy) is 1. The van der Waals surface area contributed by atoms with Crippen molar-refractivity contribution in [1.82, 2.24) is 13.5 Å². The molecule has 0 aliphatic rings. The van der Waals surface area contributed by atoms with Crippen LogP contribution < -0.4 is 10.4 Å². The van der Waals surface area contributed by atoms with Crippen molar-refractivity contribution in [2.45, 2.75) is 30.5 Å². The molecule has 0 N–H and O–H groups in total. The lowest BCUT2D eigenvalue weighted by Gasteiger charge is -2.16. The van der Waals surface area contributed by atoms with Crippen molar-refractivity contribution in [3.8, 4) is 17.5 Å². The zero-order valence-corrected chi connectivity index (χ0v) is 23.2. The van der Waals surface area contributed by atoms with Gasteiger partial charge in [-0.05, 0) is 74.0 Å². The highest BCUT2D eigenvalue weighted by molar-refractivity contribution is 9.10. The van der Waals surface area contributed by atoms with Crippen LogP contribution in [0.2, 0.25) is 0 Å². The molecule has 5 rings (SSSR count). The van der Waals surface area contributed by atoms with E-state index in [1.54, 1.807) is 56.3 Å². The predicted molar refractivity (Wildman–Crippen MR) is 145 cm³/mol. The van der Waals surface area contributed by atoms with E-state index in [4.69, 9.17) is 0 Å². The van der Waals surface area contributed by atoms with Gasteiger partial charge in [0.25, 0.3) is 10.0 Å². The van der Waals surface area contributed by atoms with Gasteiger partial charge in [-0.25, -0.2) is 13.2 Å². The Kier molecular flexibility index (Phi) is 6.51. The Morgan fingerprint density at radius 1 is 1.00 bits per heavy atom. The molecular weight excluding hydrogens is 613 g/mol. The van der Waals surface area contributed by atoms with Crippen molar-refractivity contribution in [3.63, 3.8) is 0 Å². The van der Waals surface area contributed by atoms with Gasteiger partial charge in [0.2, 0.25) is 0 Å². The third kappa shape index (κ3) is 4.73. The summed E-state index contributed by atoms with van der Waals surface area (Å²) >= 11 is 3.40. The minimum Gasteiger partial charge on any atom is -0.406 e. The first-order valence-electron chi connectivity index (χ1n) is 11.6. The van der Waals surface area contributed by atoms with E-state index in [1.165, 1.54) is 10.8 Å². The molecule has 8 nitrogen and oxygen atoms in total. The van der Waals surface area contributed by atoms with Gasteiger partial charge in [-0.1, -0.05) is 28.1 Å². The molecule has 40 heavy (non-hydrogen) atoms. The third-order valence-electron chi connectivity index (χ3n) is 6.31. The number of benzene rings is 3. The van der Waals surface area contributed by atoms with Crippen molar-refractivity contribution in [1.29, 1.82) is 5.26 Å². The van der Waals surface area contributed by atoms with Gasteiger partial charge in [-0.15, -0.1) is 13.2 Å². The molecule has 0 amide bonds. The molecule has 0 bridgehead atoms. The van der Waals surface area contributed by atoms with E-state index in [1.807, 2.05) is 0 Å². The first-order valence-corrected chi connectivity index (χ1v) is 13.8. The zero-order chi connectivity index (χ0) is 29.0. The van der Waals surface area contributed by atoms with Crippen molar-refractivity contribution in [3.05, 3.63) is 93.4 Å². The fraction of sp³-hybridized carbons (Fsp3) is 0.148. The molecule has 0 saturated carbocycles. The lowest BCUT2D eigenvalue weighted by molar-refractivity contribution is -0.274. The summed E-state index contributed by atoms with van der Waals surface area (Å²) in [6, 6.07) is 17.5. The molecule has 0 saturated heterocycles. The van der Waals surface area contributed by atoms with Gasteiger partial charge >= 0.3 is 12.1 Å². The van der Waals surface area contributed by atoms with Crippen LogP contribution in [0.5, 0.6) is 5.75 Å². The second-order valence-corrected chi connectivity index (χ2v) is 12.0. The van der Waals surface area contributed by atoms with Crippen LogP contribution in [0.15, 0.2) is 87.1 Å². The van der Waals surface area contributed by atoms with Crippen molar-refractivity contribution >= 4 is 47.9 Å². The molecule has 0 unspecified atom stereocenters. The van der Waals surface area contributed by atoms with E-state index in [-0.39, 0.29) is 11.0 Å². The van der Waals surface area contributed by atoms with E-state index in [0.717, 1.165) is 24.3 Å². The van der Waals surface area contributed by atoms with Crippen LogP contribution in [0, 0.1) is 11.3 Å². The molecule has 13 heteroatoms. The standard InChI is InChI=1S/C27H18BrF3N4O4S/c1-26(2,15-32)16-3-6-18(7-4-16)34-24-21-13-17(28)5-12-22(21)33-14-23(24)35(25(34)36)40(37,38)20-10-8-19(9-11-20)39-27(29,30)31/h3-14H,1-2H3. The lowest BCUT2D eigenvalue weighted by atomic mass is 9.86. The molecule has 0 aliphatic heterocycles. The molecule has 2 aromatic heterocycles. The van der Waals surface area contributed by atoms with Gasteiger partial charge in [0.15, 0.2) is 0 Å². The molecular formula is C27H18BrF3N4O4S. The number of pyridine rings is 1. The number of imidazole rings is 1. The van der Waals surface area contributed by atoms with E-state index < -0.39 is 38.1 Å². The van der Waals surface area contributed by atoms with Gasteiger partial charge in [0, 0.05) is 9.86 Å². The van der Waals surface area contributed by atoms with E-state index in [9.17, 15) is 31.6 Å². The van der Waals surface area contributed by atoms with Crippen LogP contribution in [-0.4, -0.2) is 28.3 Å². The maximum atomic E-state index is 13.9. The molecule has 5 aromatic rings. The van der Waals surface area contributed by atoms with Crippen molar-refractivity contribution in [2.24, 2.45) is 0 Å². The molecule has 0 atom stereocenters. The smallest absolute Gasteiger partial charge is 0.406 e. The van der Waals surface area contributed by atoms with E-state index >= 15 is 0 Å². The number of fused-ring (bicyclic) bond motifs is 3. The second-order valence-electron chi connectivity index (χ2n) is 9.34. The number of hydrogen-bond donors (Lipinski definition) is 0. The quantitative estimate of drug-likeness (QED) is 0.234. The Bertz CT molecular complexity index is 1990. The van der Waals surface area contributed by atoms with E-state index in [0.29, 0.717) is 30.6 Å². The highest BCUT2D eigenvalue weighted by atomic mass is 79.9. The second kappa shape index (κ2) is 9.50. The van der Waals surface area contributed by atoms with Gasteiger partial charge in [-0.3, -0.25) is 9.55 Å². The lowest BCUT2D eigenvalue weighted by Crippen LogP contribution is -2.29. The number of rotatable bonds is 5. The Morgan fingerprint density at radius 2 is 1.65 bits per heavy atom. The van der Waals surface area contributed by atoms with Gasteiger partial charge < -0.3 is 4.74 Å². The number of hydrogen-bond acceptors (Lipinski definition) is 6. The minimum atomic E-state index is -4.95. The summed E-state index contributed by atoms with van der Waals surface area (Å²) < 4.78 is 71.5. The summed E-state index contributed by atoms with van der Waals surface area (Å²) in [6.07, 6.45) is -3.70. The summed E-state index contributed by atoms with van der Waals surface area (Å²) in [6.45, 7) is 3.49. The van der Waals surface area contributed by atoms with E-state index in [2.05, 4.69) is 31.7 Å².